The lowest BCUT2D eigenvalue weighted by molar-refractivity contribution is -0.137. The normalized spacial score (nSPS) is 10.7. The molecule has 0 unspecified atom stereocenters. The summed E-state index contributed by atoms with van der Waals surface area (Å²) in [6, 6.07) is 7.23. The van der Waals surface area contributed by atoms with Crippen molar-refractivity contribution >= 4 is 38.7 Å². The number of aromatic nitrogens is 1. The molecule has 0 saturated carbocycles. The van der Waals surface area contributed by atoms with Gasteiger partial charge in [0.1, 0.15) is 6.54 Å². The number of carbonyl (C=O) groups is 2. The molecule has 116 valence electrons. The Labute approximate surface area is 137 Å². The van der Waals surface area contributed by atoms with E-state index >= 15 is 0 Å². The number of pyridine rings is 1. The Hall–Kier alpha value is -1.95. The van der Waals surface area contributed by atoms with Gasteiger partial charge in [-0.15, -0.1) is 0 Å². The lowest BCUT2D eigenvalue weighted by Crippen LogP contribution is -2.36. The van der Waals surface area contributed by atoms with Crippen LogP contribution in [-0.4, -0.2) is 40.0 Å². The Morgan fingerprint density at radius 1 is 1.32 bits per heavy atom. The molecule has 2 aromatic rings. The standard InChI is InChI=1S/C16H17BrN2O3/c1-3-6-19(9-15(20)21)16(22)13-7-10(2)18-14-8-11(17)4-5-12(13)14/h4-5,7-8H,3,6,9H2,1-2H3,(H,20,21). The molecule has 0 atom stereocenters. The lowest BCUT2D eigenvalue weighted by Gasteiger charge is -2.21. The van der Waals surface area contributed by atoms with Crippen molar-refractivity contribution in [1.29, 1.82) is 0 Å². The van der Waals surface area contributed by atoms with Crippen molar-refractivity contribution in [2.24, 2.45) is 0 Å². The SMILES string of the molecule is CCCN(CC(=O)O)C(=O)c1cc(C)nc2cc(Br)ccc12. The Balaban J connectivity index is 2.51. The highest BCUT2D eigenvalue weighted by atomic mass is 79.9. The van der Waals surface area contributed by atoms with Gasteiger partial charge in [-0.05, 0) is 31.5 Å². The number of aliphatic carboxylic acids is 1. The molecule has 1 amide bonds. The molecule has 22 heavy (non-hydrogen) atoms. The second-order valence-electron chi connectivity index (χ2n) is 5.09. The zero-order valence-corrected chi connectivity index (χ0v) is 14.1. The summed E-state index contributed by atoms with van der Waals surface area (Å²) in [4.78, 5) is 29.5. The smallest absolute Gasteiger partial charge is 0.323 e. The van der Waals surface area contributed by atoms with Crippen LogP contribution in [0.4, 0.5) is 0 Å². The molecule has 6 heteroatoms. The molecule has 1 aromatic carbocycles. The van der Waals surface area contributed by atoms with E-state index in [0.29, 0.717) is 24.0 Å². The predicted octanol–water partition coefficient (Wildman–Crippen LogP) is 3.24. The number of amides is 1. The molecule has 1 aromatic heterocycles. The van der Waals surface area contributed by atoms with Crippen LogP contribution >= 0.6 is 15.9 Å². The maximum Gasteiger partial charge on any atom is 0.323 e. The van der Waals surface area contributed by atoms with Gasteiger partial charge in [-0.25, -0.2) is 0 Å². The molecular weight excluding hydrogens is 348 g/mol. The van der Waals surface area contributed by atoms with E-state index in [-0.39, 0.29) is 12.5 Å². The molecule has 0 bridgehead atoms. The van der Waals surface area contributed by atoms with Crippen molar-refractivity contribution < 1.29 is 14.7 Å². The van der Waals surface area contributed by atoms with E-state index in [1.807, 2.05) is 32.0 Å². The molecule has 0 aliphatic heterocycles. The molecule has 0 spiro atoms. The molecule has 0 saturated heterocycles. The van der Waals surface area contributed by atoms with E-state index in [0.717, 1.165) is 15.6 Å². The molecule has 0 aliphatic carbocycles. The third-order valence-electron chi connectivity index (χ3n) is 3.24. The fourth-order valence-corrected chi connectivity index (χ4v) is 2.72. The van der Waals surface area contributed by atoms with Crippen LogP contribution < -0.4 is 0 Å². The highest BCUT2D eigenvalue weighted by Crippen LogP contribution is 2.23. The average Bonchev–Trinajstić information content (AvgIpc) is 2.44. The minimum atomic E-state index is -1.01. The van der Waals surface area contributed by atoms with Gasteiger partial charge in [0, 0.05) is 22.1 Å². The van der Waals surface area contributed by atoms with Gasteiger partial charge < -0.3 is 10.0 Å². The van der Waals surface area contributed by atoms with E-state index < -0.39 is 5.97 Å². The number of hydrogen-bond acceptors (Lipinski definition) is 3. The largest absolute Gasteiger partial charge is 0.480 e. The van der Waals surface area contributed by atoms with Crippen molar-refractivity contribution in [2.75, 3.05) is 13.1 Å². The molecular formula is C16H17BrN2O3. The van der Waals surface area contributed by atoms with E-state index in [9.17, 15) is 9.59 Å². The van der Waals surface area contributed by atoms with Gasteiger partial charge in [-0.1, -0.05) is 28.9 Å². The van der Waals surface area contributed by atoms with Crippen LogP contribution in [0.2, 0.25) is 0 Å². The summed E-state index contributed by atoms with van der Waals surface area (Å²) in [6.45, 7) is 3.84. The number of benzene rings is 1. The fourth-order valence-electron chi connectivity index (χ4n) is 2.37. The highest BCUT2D eigenvalue weighted by Gasteiger charge is 2.20. The lowest BCUT2D eigenvalue weighted by atomic mass is 10.1. The van der Waals surface area contributed by atoms with E-state index in [4.69, 9.17) is 5.11 Å². The summed E-state index contributed by atoms with van der Waals surface area (Å²) in [5.41, 5.74) is 1.93. The second-order valence-corrected chi connectivity index (χ2v) is 6.01. The molecule has 5 nitrogen and oxygen atoms in total. The van der Waals surface area contributed by atoms with Crippen LogP contribution in [0.5, 0.6) is 0 Å². The molecule has 0 fully saturated rings. The number of carbonyl (C=O) groups excluding carboxylic acids is 1. The summed E-state index contributed by atoms with van der Waals surface area (Å²) < 4.78 is 0.882. The number of aryl methyl sites for hydroxylation is 1. The predicted molar refractivity (Wildman–Crippen MR) is 88.0 cm³/mol. The molecule has 2 rings (SSSR count). The van der Waals surface area contributed by atoms with Crippen LogP contribution in [0.1, 0.15) is 29.4 Å². The van der Waals surface area contributed by atoms with E-state index in [1.54, 1.807) is 6.07 Å². The quantitative estimate of drug-likeness (QED) is 0.883. The summed E-state index contributed by atoms with van der Waals surface area (Å²) in [5, 5.41) is 9.73. The van der Waals surface area contributed by atoms with Crippen LogP contribution in [0, 0.1) is 6.92 Å². The molecule has 1 N–H and O–H groups in total. The van der Waals surface area contributed by atoms with Gasteiger partial charge in [0.2, 0.25) is 0 Å². The Morgan fingerprint density at radius 3 is 2.68 bits per heavy atom. The second kappa shape index (κ2) is 6.87. The van der Waals surface area contributed by atoms with Gasteiger partial charge in [0.05, 0.1) is 11.1 Å². The molecule has 0 aliphatic rings. The number of rotatable bonds is 5. The van der Waals surface area contributed by atoms with E-state index in [2.05, 4.69) is 20.9 Å². The first-order valence-electron chi connectivity index (χ1n) is 7.00. The average molecular weight is 365 g/mol. The number of halogens is 1. The minimum Gasteiger partial charge on any atom is -0.480 e. The number of carboxylic acids is 1. The first-order chi connectivity index (χ1) is 10.4. The van der Waals surface area contributed by atoms with Gasteiger partial charge in [-0.3, -0.25) is 14.6 Å². The van der Waals surface area contributed by atoms with Crippen molar-refractivity contribution in [3.63, 3.8) is 0 Å². The summed E-state index contributed by atoms with van der Waals surface area (Å²) in [7, 11) is 0. The summed E-state index contributed by atoms with van der Waals surface area (Å²) >= 11 is 3.39. The van der Waals surface area contributed by atoms with Crippen molar-refractivity contribution in [2.45, 2.75) is 20.3 Å². The first-order valence-corrected chi connectivity index (χ1v) is 7.79. The maximum absolute atomic E-state index is 12.7. The highest BCUT2D eigenvalue weighted by molar-refractivity contribution is 9.10. The first kappa shape index (κ1) is 16.4. The zero-order valence-electron chi connectivity index (χ0n) is 12.5. The van der Waals surface area contributed by atoms with Gasteiger partial charge in [-0.2, -0.15) is 0 Å². The monoisotopic (exact) mass is 364 g/mol. The minimum absolute atomic E-state index is 0.276. The number of carboxylic acid groups (broad SMARTS) is 1. The molecule has 1 heterocycles. The third kappa shape index (κ3) is 3.62. The van der Waals surface area contributed by atoms with Crippen LogP contribution in [0.15, 0.2) is 28.7 Å². The molecule has 0 radical (unpaired) electrons. The maximum atomic E-state index is 12.7. The van der Waals surface area contributed by atoms with Crippen molar-refractivity contribution in [3.05, 3.63) is 40.0 Å². The Kier molecular flexibility index (Phi) is 5.13. The van der Waals surface area contributed by atoms with E-state index in [1.165, 1.54) is 4.90 Å². The Morgan fingerprint density at radius 2 is 2.05 bits per heavy atom. The van der Waals surface area contributed by atoms with Crippen LogP contribution in [-0.2, 0) is 4.79 Å². The van der Waals surface area contributed by atoms with Crippen LogP contribution in [0.25, 0.3) is 10.9 Å². The number of nitrogens with zero attached hydrogens (tertiary/aromatic N) is 2. The van der Waals surface area contributed by atoms with Gasteiger partial charge >= 0.3 is 5.97 Å². The fraction of sp³-hybridized carbons (Fsp3) is 0.312. The van der Waals surface area contributed by atoms with Crippen molar-refractivity contribution in [1.82, 2.24) is 9.88 Å². The third-order valence-corrected chi connectivity index (χ3v) is 3.73. The van der Waals surface area contributed by atoms with Gasteiger partial charge in [0.15, 0.2) is 0 Å². The summed E-state index contributed by atoms with van der Waals surface area (Å²) in [5.74, 6) is -1.29. The number of hydrogen-bond donors (Lipinski definition) is 1. The topological polar surface area (TPSA) is 70.5 Å². The zero-order chi connectivity index (χ0) is 16.3. The van der Waals surface area contributed by atoms with Crippen LogP contribution in [0.3, 0.4) is 0 Å². The van der Waals surface area contributed by atoms with Gasteiger partial charge in [0.25, 0.3) is 5.91 Å². The summed E-state index contributed by atoms with van der Waals surface area (Å²) in [6.07, 6.45) is 0.701. The van der Waals surface area contributed by atoms with Crippen molar-refractivity contribution in [3.8, 4) is 0 Å². The number of fused-ring (bicyclic) bond motifs is 1. The Bertz CT molecular complexity index is 725.